The first-order valence-corrected chi connectivity index (χ1v) is 6.34. The third kappa shape index (κ3) is 3.53. The molecule has 2 N–H and O–H groups in total. The molecule has 7 heteroatoms. The van der Waals surface area contributed by atoms with Crippen LogP contribution in [0.3, 0.4) is 0 Å². The summed E-state index contributed by atoms with van der Waals surface area (Å²) in [6.07, 6.45) is 3.21. The van der Waals surface area contributed by atoms with Crippen LogP contribution in [0.1, 0.15) is 31.6 Å². The first kappa shape index (κ1) is 14.0. The molecule has 2 amide bonds. The lowest BCUT2D eigenvalue weighted by molar-refractivity contribution is 0.235. The van der Waals surface area contributed by atoms with Crippen LogP contribution in [0.15, 0.2) is 29.0 Å². The van der Waals surface area contributed by atoms with Crippen LogP contribution in [0.5, 0.6) is 0 Å². The number of nitrogens with one attached hydrogen (secondary N) is 2. The highest BCUT2D eigenvalue weighted by molar-refractivity contribution is 5.89. The summed E-state index contributed by atoms with van der Waals surface area (Å²) in [6, 6.07) is 2.82. The fraction of sp³-hybridized carbons (Fsp3) is 0.385. The lowest BCUT2D eigenvalue weighted by Crippen LogP contribution is -2.35. The maximum absolute atomic E-state index is 12.0. The summed E-state index contributed by atoms with van der Waals surface area (Å²) in [6.45, 7) is 5.67. The number of amides is 2. The van der Waals surface area contributed by atoms with Gasteiger partial charge in [0, 0.05) is 6.20 Å². The van der Waals surface area contributed by atoms with Gasteiger partial charge in [-0.3, -0.25) is 4.98 Å². The molecule has 0 spiro atoms. The van der Waals surface area contributed by atoms with Gasteiger partial charge in [-0.25, -0.2) is 4.79 Å². The summed E-state index contributed by atoms with van der Waals surface area (Å²) >= 11 is 0. The Hall–Kier alpha value is -2.44. The van der Waals surface area contributed by atoms with Crippen LogP contribution in [-0.4, -0.2) is 21.2 Å². The molecule has 0 radical (unpaired) electrons. The number of urea groups is 1. The summed E-state index contributed by atoms with van der Waals surface area (Å²) in [5.41, 5.74) is 0.620. The predicted octanol–water partition coefficient (Wildman–Crippen LogP) is 2.29. The van der Waals surface area contributed by atoms with Gasteiger partial charge in [0.15, 0.2) is 5.82 Å². The van der Waals surface area contributed by atoms with E-state index in [4.69, 9.17) is 4.52 Å². The highest BCUT2D eigenvalue weighted by atomic mass is 16.5. The van der Waals surface area contributed by atoms with Crippen LogP contribution in [0.4, 0.5) is 10.5 Å². The van der Waals surface area contributed by atoms with E-state index in [1.54, 1.807) is 31.5 Å². The average molecular weight is 275 g/mol. The van der Waals surface area contributed by atoms with Crippen molar-refractivity contribution in [1.29, 1.82) is 0 Å². The molecule has 1 atom stereocenters. The van der Waals surface area contributed by atoms with Crippen LogP contribution in [0, 0.1) is 12.8 Å². The van der Waals surface area contributed by atoms with Gasteiger partial charge in [0.1, 0.15) is 6.04 Å². The summed E-state index contributed by atoms with van der Waals surface area (Å²) in [5.74, 6) is 1.06. The summed E-state index contributed by atoms with van der Waals surface area (Å²) in [7, 11) is 0. The zero-order valence-corrected chi connectivity index (χ0v) is 11.6. The second kappa shape index (κ2) is 6.14. The number of carbonyl (C=O) groups excluding carboxylic acids is 1. The number of aromatic nitrogens is 3. The van der Waals surface area contributed by atoms with E-state index in [2.05, 4.69) is 25.8 Å². The lowest BCUT2D eigenvalue weighted by atomic mass is 10.0. The largest absolute Gasteiger partial charge is 0.337 e. The minimum atomic E-state index is -0.340. The summed E-state index contributed by atoms with van der Waals surface area (Å²) in [5, 5.41) is 9.27. The molecule has 0 saturated heterocycles. The minimum absolute atomic E-state index is 0.120. The van der Waals surface area contributed by atoms with E-state index in [0.29, 0.717) is 17.4 Å². The molecule has 0 fully saturated rings. The number of hydrogen-bond donors (Lipinski definition) is 2. The Morgan fingerprint density at radius 1 is 1.40 bits per heavy atom. The molecule has 0 aliphatic rings. The monoisotopic (exact) mass is 275 g/mol. The van der Waals surface area contributed by atoms with E-state index in [-0.39, 0.29) is 18.0 Å². The second-order valence-corrected chi connectivity index (χ2v) is 4.74. The summed E-state index contributed by atoms with van der Waals surface area (Å²) in [4.78, 5) is 20.1. The number of nitrogens with zero attached hydrogens (tertiary/aromatic N) is 3. The molecule has 7 nitrogen and oxygen atoms in total. The normalized spacial score (nSPS) is 12.2. The van der Waals surface area contributed by atoms with Crippen molar-refractivity contribution in [3.63, 3.8) is 0 Å². The van der Waals surface area contributed by atoms with Gasteiger partial charge in [-0.05, 0) is 25.0 Å². The van der Waals surface area contributed by atoms with Crippen molar-refractivity contribution in [3.05, 3.63) is 36.2 Å². The second-order valence-electron chi connectivity index (χ2n) is 4.74. The molecule has 0 aromatic carbocycles. The average Bonchev–Trinajstić information content (AvgIpc) is 2.83. The molecule has 2 rings (SSSR count). The number of hydrogen-bond acceptors (Lipinski definition) is 5. The molecule has 0 aliphatic carbocycles. The van der Waals surface area contributed by atoms with Gasteiger partial charge in [-0.1, -0.05) is 19.0 Å². The molecule has 0 bridgehead atoms. The predicted molar refractivity (Wildman–Crippen MR) is 73.0 cm³/mol. The Morgan fingerprint density at radius 3 is 2.75 bits per heavy atom. The van der Waals surface area contributed by atoms with Crippen molar-refractivity contribution in [2.24, 2.45) is 5.92 Å². The van der Waals surface area contributed by atoms with Gasteiger partial charge < -0.3 is 15.2 Å². The van der Waals surface area contributed by atoms with Crippen molar-refractivity contribution in [2.45, 2.75) is 26.8 Å². The van der Waals surface area contributed by atoms with Gasteiger partial charge in [0.05, 0.1) is 11.9 Å². The first-order valence-electron chi connectivity index (χ1n) is 6.34. The molecule has 2 aromatic heterocycles. The number of aryl methyl sites for hydroxylation is 1. The molecule has 20 heavy (non-hydrogen) atoms. The van der Waals surface area contributed by atoms with Crippen LogP contribution in [-0.2, 0) is 0 Å². The van der Waals surface area contributed by atoms with E-state index in [9.17, 15) is 4.79 Å². The molecule has 0 unspecified atom stereocenters. The van der Waals surface area contributed by atoms with Crippen LogP contribution in [0.2, 0.25) is 0 Å². The van der Waals surface area contributed by atoms with Gasteiger partial charge in [0.25, 0.3) is 0 Å². The van der Waals surface area contributed by atoms with E-state index >= 15 is 0 Å². The van der Waals surface area contributed by atoms with Crippen molar-refractivity contribution < 1.29 is 9.32 Å². The van der Waals surface area contributed by atoms with E-state index in [0.717, 1.165) is 0 Å². The fourth-order valence-electron chi connectivity index (χ4n) is 1.70. The molecule has 0 aliphatic heterocycles. The third-order valence-electron chi connectivity index (χ3n) is 2.68. The molecular weight excluding hydrogens is 258 g/mol. The van der Waals surface area contributed by atoms with Crippen LogP contribution >= 0.6 is 0 Å². The zero-order chi connectivity index (χ0) is 14.5. The highest BCUT2D eigenvalue weighted by Gasteiger charge is 2.23. The Balaban J connectivity index is 2.03. The number of pyridine rings is 1. The molecule has 2 heterocycles. The highest BCUT2D eigenvalue weighted by Crippen LogP contribution is 2.20. The van der Waals surface area contributed by atoms with E-state index in [1.165, 1.54) is 0 Å². The Labute approximate surface area is 116 Å². The van der Waals surface area contributed by atoms with Crippen LogP contribution < -0.4 is 10.6 Å². The number of rotatable bonds is 4. The smallest absolute Gasteiger partial charge is 0.319 e. The van der Waals surface area contributed by atoms with Gasteiger partial charge in [0.2, 0.25) is 5.89 Å². The van der Waals surface area contributed by atoms with Crippen LogP contribution in [0.25, 0.3) is 0 Å². The molecule has 0 saturated carbocycles. The maximum Gasteiger partial charge on any atom is 0.319 e. The Morgan fingerprint density at radius 2 is 2.20 bits per heavy atom. The number of anilines is 1. The fourth-order valence-corrected chi connectivity index (χ4v) is 1.70. The molecular formula is C13H17N5O2. The minimum Gasteiger partial charge on any atom is -0.337 e. The van der Waals surface area contributed by atoms with Crippen molar-refractivity contribution in [1.82, 2.24) is 20.4 Å². The van der Waals surface area contributed by atoms with E-state index in [1.807, 2.05) is 13.8 Å². The van der Waals surface area contributed by atoms with Gasteiger partial charge >= 0.3 is 6.03 Å². The topological polar surface area (TPSA) is 92.9 Å². The van der Waals surface area contributed by atoms with Crippen molar-refractivity contribution >= 4 is 11.7 Å². The summed E-state index contributed by atoms with van der Waals surface area (Å²) < 4.78 is 5.12. The Kier molecular flexibility index (Phi) is 4.29. The van der Waals surface area contributed by atoms with Crippen molar-refractivity contribution in [3.8, 4) is 0 Å². The lowest BCUT2D eigenvalue weighted by Gasteiger charge is -2.18. The van der Waals surface area contributed by atoms with Gasteiger partial charge in [-0.15, -0.1) is 0 Å². The third-order valence-corrected chi connectivity index (χ3v) is 2.68. The van der Waals surface area contributed by atoms with Gasteiger partial charge in [-0.2, -0.15) is 4.98 Å². The van der Waals surface area contributed by atoms with Crippen molar-refractivity contribution in [2.75, 3.05) is 5.32 Å². The standard InChI is InChI=1S/C13H17N5O2/c1-8(2)11(12-15-9(3)18-20-12)17-13(19)16-10-5-4-6-14-7-10/h4-8,11H,1-3H3,(H2,16,17,19)/t11-/m1/s1. The molecule has 106 valence electrons. The number of carbonyl (C=O) groups is 1. The Bertz CT molecular complexity index is 567. The zero-order valence-electron chi connectivity index (χ0n) is 11.6. The first-order chi connectivity index (χ1) is 9.56. The molecule has 2 aromatic rings. The quantitative estimate of drug-likeness (QED) is 0.893. The van der Waals surface area contributed by atoms with E-state index < -0.39 is 0 Å². The SMILES string of the molecule is Cc1noc([C@H](NC(=O)Nc2cccnc2)C(C)C)n1. The maximum atomic E-state index is 12.0.